The molecule has 30 heavy (non-hydrogen) atoms. The lowest BCUT2D eigenvalue weighted by Gasteiger charge is -2.27. The van der Waals surface area contributed by atoms with Crippen molar-refractivity contribution in [3.63, 3.8) is 0 Å². The highest BCUT2D eigenvalue weighted by atomic mass is 32.1. The lowest BCUT2D eigenvalue weighted by Crippen LogP contribution is -2.41. The van der Waals surface area contributed by atoms with Crippen LogP contribution >= 0.6 is 11.3 Å². The summed E-state index contributed by atoms with van der Waals surface area (Å²) in [6.07, 6.45) is 1.85. The van der Waals surface area contributed by atoms with Crippen molar-refractivity contribution >= 4 is 23.2 Å². The SMILES string of the molecule is CCC(=O)N(CC(=O)N(Cc1ccc(F)cc1)Cc1ccc(C)s1)Cc1ccco1. The Bertz CT molecular complexity index is 967. The molecule has 0 aliphatic rings. The number of amides is 2. The molecule has 0 unspecified atom stereocenters. The molecule has 0 bridgehead atoms. The van der Waals surface area contributed by atoms with Crippen LogP contribution in [0, 0.1) is 12.7 Å². The van der Waals surface area contributed by atoms with Gasteiger partial charge in [-0.3, -0.25) is 9.59 Å². The van der Waals surface area contributed by atoms with Gasteiger partial charge in [-0.2, -0.15) is 0 Å². The normalized spacial score (nSPS) is 10.8. The molecule has 0 saturated heterocycles. The van der Waals surface area contributed by atoms with E-state index in [1.807, 2.05) is 19.1 Å². The molecule has 0 radical (unpaired) electrons. The fraction of sp³-hybridized carbons (Fsp3) is 0.304. The van der Waals surface area contributed by atoms with Gasteiger partial charge in [-0.05, 0) is 48.9 Å². The van der Waals surface area contributed by atoms with E-state index in [9.17, 15) is 14.0 Å². The molecular formula is C23H25FN2O3S. The number of hydrogen-bond acceptors (Lipinski definition) is 4. The first-order valence-electron chi connectivity index (χ1n) is 9.82. The van der Waals surface area contributed by atoms with Gasteiger partial charge in [-0.1, -0.05) is 19.1 Å². The second-order valence-corrected chi connectivity index (χ2v) is 8.44. The maximum absolute atomic E-state index is 13.3. The topological polar surface area (TPSA) is 53.8 Å². The van der Waals surface area contributed by atoms with E-state index in [2.05, 4.69) is 0 Å². The second kappa shape index (κ2) is 10.2. The lowest BCUT2D eigenvalue weighted by atomic mass is 10.2. The smallest absolute Gasteiger partial charge is 0.242 e. The zero-order chi connectivity index (χ0) is 21.5. The van der Waals surface area contributed by atoms with E-state index in [1.54, 1.807) is 53.7 Å². The number of hydrogen-bond donors (Lipinski definition) is 0. The van der Waals surface area contributed by atoms with Gasteiger partial charge in [0.2, 0.25) is 11.8 Å². The summed E-state index contributed by atoms with van der Waals surface area (Å²) in [5, 5.41) is 0. The average molecular weight is 429 g/mol. The predicted molar refractivity (Wildman–Crippen MR) is 114 cm³/mol. The van der Waals surface area contributed by atoms with Crippen LogP contribution in [-0.4, -0.2) is 28.2 Å². The summed E-state index contributed by atoms with van der Waals surface area (Å²) in [5.74, 6) is 0.0272. The molecule has 0 aliphatic heterocycles. The van der Waals surface area contributed by atoms with Gasteiger partial charge in [-0.15, -0.1) is 11.3 Å². The highest BCUT2D eigenvalue weighted by Gasteiger charge is 2.22. The van der Waals surface area contributed by atoms with Crippen LogP contribution in [0.15, 0.2) is 59.2 Å². The van der Waals surface area contributed by atoms with Crippen LogP contribution in [0.2, 0.25) is 0 Å². The van der Waals surface area contributed by atoms with Gasteiger partial charge in [0, 0.05) is 22.7 Å². The van der Waals surface area contributed by atoms with Crippen molar-refractivity contribution in [3.8, 4) is 0 Å². The molecule has 2 heterocycles. The van der Waals surface area contributed by atoms with E-state index in [0.717, 1.165) is 10.4 Å². The third kappa shape index (κ3) is 6.03. The third-order valence-corrected chi connectivity index (χ3v) is 5.68. The Kier molecular flexibility index (Phi) is 7.41. The fourth-order valence-corrected chi connectivity index (χ4v) is 4.02. The Balaban J connectivity index is 1.77. The molecule has 0 fully saturated rings. The number of rotatable bonds is 9. The monoisotopic (exact) mass is 428 g/mol. The number of thiophene rings is 1. The number of carbonyl (C=O) groups is 2. The number of carbonyl (C=O) groups excluding carboxylic acids is 2. The Morgan fingerprint density at radius 2 is 1.73 bits per heavy atom. The van der Waals surface area contributed by atoms with Gasteiger partial charge in [0.1, 0.15) is 18.1 Å². The summed E-state index contributed by atoms with van der Waals surface area (Å²) < 4.78 is 18.6. The van der Waals surface area contributed by atoms with E-state index < -0.39 is 0 Å². The molecule has 2 amide bonds. The number of halogens is 1. The van der Waals surface area contributed by atoms with E-state index in [0.29, 0.717) is 25.3 Å². The summed E-state index contributed by atoms with van der Waals surface area (Å²) >= 11 is 1.63. The first-order chi connectivity index (χ1) is 14.4. The van der Waals surface area contributed by atoms with Crippen molar-refractivity contribution in [1.29, 1.82) is 0 Å². The quantitative estimate of drug-likeness (QED) is 0.494. The van der Waals surface area contributed by atoms with Crippen molar-refractivity contribution in [2.24, 2.45) is 0 Å². The lowest BCUT2D eigenvalue weighted by molar-refractivity contribution is -0.141. The van der Waals surface area contributed by atoms with Crippen LogP contribution in [0.4, 0.5) is 4.39 Å². The largest absolute Gasteiger partial charge is 0.467 e. The second-order valence-electron chi connectivity index (χ2n) is 7.07. The van der Waals surface area contributed by atoms with Gasteiger partial charge in [0.05, 0.1) is 19.4 Å². The minimum atomic E-state index is -0.316. The predicted octanol–water partition coefficient (Wildman–Crippen LogP) is 4.76. The molecule has 1 aromatic carbocycles. The fourth-order valence-electron chi connectivity index (χ4n) is 3.11. The molecule has 2 aromatic heterocycles. The maximum atomic E-state index is 13.3. The Hall–Kier alpha value is -2.93. The average Bonchev–Trinajstić information content (AvgIpc) is 3.39. The van der Waals surface area contributed by atoms with Crippen LogP contribution in [0.25, 0.3) is 0 Å². The van der Waals surface area contributed by atoms with E-state index in [-0.39, 0.29) is 30.7 Å². The van der Waals surface area contributed by atoms with E-state index in [1.165, 1.54) is 21.9 Å². The van der Waals surface area contributed by atoms with Crippen LogP contribution < -0.4 is 0 Å². The first-order valence-corrected chi connectivity index (χ1v) is 10.6. The first kappa shape index (κ1) is 21.8. The molecule has 0 atom stereocenters. The number of aryl methyl sites for hydroxylation is 1. The van der Waals surface area contributed by atoms with Crippen LogP contribution in [-0.2, 0) is 29.2 Å². The molecular weight excluding hydrogens is 403 g/mol. The van der Waals surface area contributed by atoms with Crippen LogP contribution in [0.3, 0.4) is 0 Å². The molecule has 5 nitrogen and oxygen atoms in total. The van der Waals surface area contributed by atoms with Crippen molar-refractivity contribution < 1.29 is 18.4 Å². The van der Waals surface area contributed by atoms with Gasteiger partial charge in [-0.25, -0.2) is 4.39 Å². The van der Waals surface area contributed by atoms with Gasteiger partial charge in [0.25, 0.3) is 0 Å². The van der Waals surface area contributed by atoms with E-state index in [4.69, 9.17) is 4.42 Å². The minimum Gasteiger partial charge on any atom is -0.467 e. The minimum absolute atomic E-state index is 0.0427. The molecule has 0 aliphatic carbocycles. The number of nitrogens with zero attached hydrogens (tertiary/aromatic N) is 2. The van der Waals surface area contributed by atoms with E-state index >= 15 is 0 Å². The number of furan rings is 1. The Labute approximate surface area is 179 Å². The van der Waals surface area contributed by atoms with Gasteiger partial charge < -0.3 is 14.2 Å². The Morgan fingerprint density at radius 1 is 0.967 bits per heavy atom. The standard InChI is InChI=1S/C23H25FN2O3S/c1-3-22(27)26(14-20-5-4-12-29-20)16-23(28)25(15-21-11-6-17(2)30-21)13-18-7-9-19(24)10-8-18/h4-12H,3,13-16H2,1-2H3. The summed E-state index contributed by atoms with van der Waals surface area (Å²) in [4.78, 5) is 31.1. The highest BCUT2D eigenvalue weighted by molar-refractivity contribution is 7.11. The van der Waals surface area contributed by atoms with Crippen LogP contribution in [0.1, 0.15) is 34.4 Å². The molecule has 7 heteroatoms. The molecule has 0 saturated carbocycles. The van der Waals surface area contributed by atoms with Crippen LogP contribution in [0.5, 0.6) is 0 Å². The molecule has 158 valence electrons. The molecule has 0 N–H and O–H groups in total. The number of benzene rings is 1. The van der Waals surface area contributed by atoms with Crippen molar-refractivity contribution in [2.75, 3.05) is 6.54 Å². The van der Waals surface area contributed by atoms with Crippen molar-refractivity contribution in [3.05, 3.63) is 81.7 Å². The molecule has 3 aromatic rings. The molecule has 0 spiro atoms. The van der Waals surface area contributed by atoms with Gasteiger partial charge in [0.15, 0.2) is 0 Å². The zero-order valence-corrected chi connectivity index (χ0v) is 18.0. The van der Waals surface area contributed by atoms with Crippen molar-refractivity contribution in [1.82, 2.24) is 9.80 Å². The summed E-state index contributed by atoms with van der Waals surface area (Å²) in [5.41, 5.74) is 0.831. The summed E-state index contributed by atoms with van der Waals surface area (Å²) in [7, 11) is 0. The highest BCUT2D eigenvalue weighted by Crippen LogP contribution is 2.19. The molecule has 3 rings (SSSR count). The van der Waals surface area contributed by atoms with Gasteiger partial charge >= 0.3 is 0 Å². The van der Waals surface area contributed by atoms with Crippen molar-refractivity contribution in [2.45, 2.75) is 39.9 Å². The summed E-state index contributed by atoms with van der Waals surface area (Å²) in [6, 6.07) is 13.7. The maximum Gasteiger partial charge on any atom is 0.242 e. The zero-order valence-electron chi connectivity index (χ0n) is 17.1. The Morgan fingerprint density at radius 3 is 2.33 bits per heavy atom. The summed E-state index contributed by atoms with van der Waals surface area (Å²) in [6.45, 7) is 4.76. The third-order valence-electron chi connectivity index (χ3n) is 4.69.